The maximum absolute atomic E-state index is 14.6. The average Bonchev–Trinajstić information content (AvgIpc) is 3.20. The molecule has 0 saturated heterocycles. The summed E-state index contributed by atoms with van der Waals surface area (Å²) in [5, 5.41) is 13.2. The molecule has 5 rings (SSSR count). The molecular formula is C28H22ClF2N5O. The number of nitriles is 1. The molecule has 1 amide bonds. The van der Waals surface area contributed by atoms with Crippen LogP contribution in [-0.2, 0) is 19.5 Å². The quantitative estimate of drug-likeness (QED) is 0.346. The van der Waals surface area contributed by atoms with Gasteiger partial charge in [0.2, 0.25) is 0 Å². The van der Waals surface area contributed by atoms with E-state index >= 15 is 0 Å². The molecular weight excluding hydrogens is 496 g/mol. The van der Waals surface area contributed by atoms with Crippen molar-refractivity contribution in [3.8, 4) is 6.07 Å². The molecule has 0 radical (unpaired) electrons. The van der Waals surface area contributed by atoms with Crippen molar-refractivity contribution in [3.05, 3.63) is 106 Å². The summed E-state index contributed by atoms with van der Waals surface area (Å²) in [6.07, 6.45) is 6.07. The highest BCUT2D eigenvalue weighted by Gasteiger charge is 2.27. The number of benzene rings is 2. The zero-order valence-electron chi connectivity index (χ0n) is 19.7. The van der Waals surface area contributed by atoms with Gasteiger partial charge in [0.15, 0.2) is 0 Å². The second-order valence-electron chi connectivity index (χ2n) is 8.81. The third kappa shape index (κ3) is 5.24. The molecule has 37 heavy (non-hydrogen) atoms. The highest BCUT2D eigenvalue weighted by atomic mass is 35.5. The molecule has 1 aliphatic rings. The molecule has 0 atom stereocenters. The number of nitrogens with one attached hydrogen (secondary N) is 1. The molecule has 6 nitrogen and oxygen atoms in total. The van der Waals surface area contributed by atoms with Crippen LogP contribution < -0.4 is 5.32 Å². The number of carbonyl (C=O) groups excluding carboxylic acids is 1. The van der Waals surface area contributed by atoms with Gasteiger partial charge in [-0.1, -0.05) is 35.9 Å². The van der Waals surface area contributed by atoms with Crippen molar-refractivity contribution in [2.45, 2.75) is 19.5 Å². The first-order chi connectivity index (χ1) is 17.9. The fourth-order valence-electron chi connectivity index (χ4n) is 4.62. The van der Waals surface area contributed by atoms with Gasteiger partial charge in [0.05, 0.1) is 11.1 Å². The van der Waals surface area contributed by atoms with Gasteiger partial charge in [0.1, 0.15) is 22.9 Å². The number of nitrogens with zero attached hydrogens (tertiary/aromatic N) is 4. The zero-order chi connectivity index (χ0) is 25.9. The Hall–Kier alpha value is -4.06. The van der Waals surface area contributed by atoms with Crippen molar-refractivity contribution < 1.29 is 13.6 Å². The first kappa shape index (κ1) is 24.6. The molecule has 0 spiro atoms. The number of aromatic nitrogens is 2. The molecule has 4 aromatic rings. The van der Waals surface area contributed by atoms with E-state index < -0.39 is 5.82 Å². The van der Waals surface area contributed by atoms with Crippen LogP contribution in [-0.4, -0.2) is 33.6 Å². The van der Waals surface area contributed by atoms with Crippen LogP contribution >= 0.6 is 11.6 Å². The van der Waals surface area contributed by atoms with E-state index in [9.17, 15) is 18.8 Å². The van der Waals surface area contributed by atoms with E-state index in [-0.39, 0.29) is 24.0 Å². The topological polar surface area (TPSA) is 74.0 Å². The molecule has 2 aromatic carbocycles. The molecule has 0 fully saturated rings. The Labute approximate surface area is 217 Å². The first-order valence-corrected chi connectivity index (χ1v) is 12.1. The Morgan fingerprint density at radius 1 is 1.19 bits per heavy atom. The molecule has 2 aromatic heterocycles. The van der Waals surface area contributed by atoms with Crippen molar-refractivity contribution in [3.63, 3.8) is 0 Å². The fourth-order valence-corrected chi connectivity index (χ4v) is 4.82. The summed E-state index contributed by atoms with van der Waals surface area (Å²) in [5.41, 5.74) is 3.74. The van der Waals surface area contributed by atoms with Crippen LogP contribution in [0.25, 0.3) is 17.0 Å². The van der Waals surface area contributed by atoms with E-state index in [1.54, 1.807) is 35.0 Å². The fraction of sp³-hybridized carbons (Fsp3) is 0.179. The Balaban J connectivity index is 1.42. The van der Waals surface area contributed by atoms with Gasteiger partial charge >= 0.3 is 6.03 Å². The monoisotopic (exact) mass is 517 g/mol. The van der Waals surface area contributed by atoms with Crippen molar-refractivity contribution in [1.82, 2.24) is 19.8 Å². The van der Waals surface area contributed by atoms with Crippen LogP contribution in [0.2, 0.25) is 5.15 Å². The van der Waals surface area contributed by atoms with E-state index in [0.29, 0.717) is 42.1 Å². The summed E-state index contributed by atoms with van der Waals surface area (Å²) >= 11 is 5.95. The van der Waals surface area contributed by atoms with Crippen molar-refractivity contribution in [2.75, 3.05) is 13.1 Å². The Morgan fingerprint density at radius 3 is 2.76 bits per heavy atom. The number of halogens is 3. The number of hydrogen-bond donors (Lipinski definition) is 1. The second kappa shape index (κ2) is 10.5. The lowest BCUT2D eigenvalue weighted by molar-refractivity contribution is 0.240. The van der Waals surface area contributed by atoms with Gasteiger partial charge in [-0.25, -0.2) is 18.6 Å². The minimum Gasteiger partial charge on any atom is -0.333 e. The Kier molecular flexibility index (Phi) is 6.99. The van der Waals surface area contributed by atoms with Gasteiger partial charge < -0.3 is 5.32 Å². The summed E-state index contributed by atoms with van der Waals surface area (Å²) in [7, 11) is 0. The van der Waals surface area contributed by atoms with Crippen molar-refractivity contribution in [2.24, 2.45) is 0 Å². The number of pyridine rings is 1. The maximum atomic E-state index is 14.6. The van der Waals surface area contributed by atoms with Gasteiger partial charge in [0, 0.05) is 49.9 Å². The van der Waals surface area contributed by atoms with Gasteiger partial charge in [0.25, 0.3) is 0 Å². The van der Waals surface area contributed by atoms with E-state index in [0.717, 1.165) is 22.4 Å². The Bertz CT molecular complexity index is 1560. The van der Waals surface area contributed by atoms with Crippen LogP contribution in [0.5, 0.6) is 0 Å². The number of rotatable bonds is 5. The maximum Gasteiger partial charge on any atom is 0.326 e. The predicted molar refractivity (Wildman–Crippen MR) is 138 cm³/mol. The third-order valence-electron chi connectivity index (χ3n) is 6.42. The van der Waals surface area contributed by atoms with Gasteiger partial charge in [-0.15, -0.1) is 0 Å². The lowest BCUT2D eigenvalue weighted by Gasteiger charge is -2.27. The summed E-state index contributed by atoms with van der Waals surface area (Å²) in [4.78, 5) is 19.5. The zero-order valence-corrected chi connectivity index (χ0v) is 20.5. The standard InChI is InChI=1S/C28H22ClF2N5O/c29-27-12-19(7-9-33-27)16-34-28(37)36-25-8-11-35(10-1-2-18-3-5-21(30)6-4-18)17-23(25)22-14-24(31)20(15-32)13-26(22)36/h1-7,9,12-14H,8,10-11,16-17H2,(H,34,37)/b2-1+. The van der Waals surface area contributed by atoms with Crippen LogP contribution in [0.4, 0.5) is 13.6 Å². The number of amides is 1. The average molecular weight is 518 g/mol. The molecule has 3 heterocycles. The predicted octanol–water partition coefficient (Wildman–Crippen LogP) is 5.67. The van der Waals surface area contributed by atoms with Gasteiger partial charge in [-0.2, -0.15) is 5.26 Å². The minimum atomic E-state index is -0.616. The van der Waals surface area contributed by atoms with E-state index in [4.69, 9.17) is 11.6 Å². The lowest BCUT2D eigenvalue weighted by Crippen LogP contribution is -2.34. The van der Waals surface area contributed by atoms with Crippen LogP contribution in [0.3, 0.4) is 0 Å². The van der Waals surface area contributed by atoms with Crippen molar-refractivity contribution in [1.29, 1.82) is 5.26 Å². The highest BCUT2D eigenvalue weighted by molar-refractivity contribution is 6.29. The molecule has 1 aliphatic heterocycles. The Morgan fingerprint density at radius 2 is 2.00 bits per heavy atom. The van der Waals surface area contributed by atoms with E-state index in [2.05, 4.69) is 15.2 Å². The van der Waals surface area contributed by atoms with Crippen LogP contribution in [0.15, 0.2) is 60.8 Å². The van der Waals surface area contributed by atoms with E-state index in [1.165, 1.54) is 24.3 Å². The molecule has 0 unspecified atom stereocenters. The first-order valence-electron chi connectivity index (χ1n) is 11.7. The smallest absolute Gasteiger partial charge is 0.326 e. The summed E-state index contributed by atoms with van der Waals surface area (Å²) < 4.78 is 29.3. The van der Waals surface area contributed by atoms with Gasteiger partial charge in [-0.3, -0.25) is 9.47 Å². The van der Waals surface area contributed by atoms with Crippen LogP contribution in [0.1, 0.15) is 27.9 Å². The molecule has 1 N–H and O–H groups in total. The van der Waals surface area contributed by atoms with Crippen LogP contribution in [0, 0.1) is 23.0 Å². The number of carbonyl (C=O) groups is 1. The third-order valence-corrected chi connectivity index (χ3v) is 6.63. The summed E-state index contributed by atoms with van der Waals surface area (Å²) in [6, 6.07) is 14.0. The molecule has 0 aliphatic carbocycles. The molecule has 0 saturated carbocycles. The molecule has 186 valence electrons. The number of hydrogen-bond acceptors (Lipinski definition) is 4. The second-order valence-corrected chi connectivity index (χ2v) is 9.19. The van der Waals surface area contributed by atoms with Gasteiger partial charge in [-0.05, 0) is 53.1 Å². The highest BCUT2D eigenvalue weighted by Crippen LogP contribution is 2.32. The SMILES string of the molecule is N#Cc1cc2c(cc1F)c1c(n2C(=O)NCc2ccnc(Cl)c2)CCN(C/C=C/c2ccc(F)cc2)C1. The molecule has 0 bridgehead atoms. The van der Waals surface area contributed by atoms with Crippen molar-refractivity contribution >= 4 is 34.6 Å². The number of fused-ring (bicyclic) bond motifs is 3. The molecule has 9 heteroatoms. The largest absolute Gasteiger partial charge is 0.333 e. The summed E-state index contributed by atoms with van der Waals surface area (Å²) in [5.74, 6) is -0.896. The summed E-state index contributed by atoms with van der Waals surface area (Å²) in [6.45, 7) is 2.09. The lowest BCUT2D eigenvalue weighted by atomic mass is 10.0. The normalized spacial score (nSPS) is 13.6. The van der Waals surface area contributed by atoms with E-state index in [1.807, 2.05) is 18.2 Å². The minimum absolute atomic E-state index is 0.114.